The van der Waals surface area contributed by atoms with E-state index < -0.39 is 35.7 Å². The summed E-state index contributed by atoms with van der Waals surface area (Å²) in [5.41, 5.74) is 0.711. The van der Waals surface area contributed by atoms with E-state index in [1.54, 1.807) is 67.3 Å². The summed E-state index contributed by atoms with van der Waals surface area (Å²) in [5.74, 6) is 1.59. The summed E-state index contributed by atoms with van der Waals surface area (Å²) in [6.45, 7) is 3.91. The van der Waals surface area contributed by atoms with Crippen molar-refractivity contribution >= 4 is 35.8 Å². The number of carbonyl (C=O) groups excluding carboxylic acids is 3. The number of hydrogen-bond acceptors (Lipinski definition) is 7. The Morgan fingerprint density at radius 1 is 1.15 bits per heavy atom. The maximum Gasteiger partial charge on any atom is 0.490 e. The fourth-order valence-electron chi connectivity index (χ4n) is 3.61. The van der Waals surface area contributed by atoms with Crippen LogP contribution in [-0.4, -0.2) is 60.6 Å². The lowest BCUT2D eigenvalue weighted by Gasteiger charge is -2.29. The van der Waals surface area contributed by atoms with Crippen LogP contribution in [-0.2, 0) is 24.7 Å². The molecule has 0 saturated carbocycles. The number of amides is 3. The van der Waals surface area contributed by atoms with Crippen molar-refractivity contribution in [2.75, 3.05) is 18.1 Å². The van der Waals surface area contributed by atoms with E-state index in [0.717, 1.165) is 11.3 Å². The number of carbonyl (C=O) groups is 4. The zero-order valence-electron chi connectivity index (χ0n) is 21.1. The molecule has 1 aliphatic rings. The van der Waals surface area contributed by atoms with Gasteiger partial charge in [0, 0.05) is 12.2 Å². The molecule has 210 valence electrons. The third kappa shape index (κ3) is 8.18. The predicted molar refractivity (Wildman–Crippen MR) is 135 cm³/mol. The van der Waals surface area contributed by atoms with Gasteiger partial charge in [0.1, 0.15) is 6.04 Å². The van der Waals surface area contributed by atoms with E-state index in [1.807, 2.05) is 6.07 Å². The monoisotopic (exact) mass is 551 g/mol. The quantitative estimate of drug-likeness (QED) is 0.178. The van der Waals surface area contributed by atoms with Gasteiger partial charge in [-0.1, -0.05) is 42.5 Å². The minimum Gasteiger partial charge on any atom is -0.475 e. The average molecular weight is 552 g/mol. The topological polar surface area (TPSA) is 163 Å². The number of urea groups is 1. The number of hydrazone groups is 1. The number of benzene rings is 2. The fourth-order valence-corrected chi connectivity index (χ4v) is 3.61. The number of carboxylic acid groups (broad SMARTS) is 1. The molecule has 0 aliphatic carbocycles. The number of halogens is 3. The van der Waals surface area contributed by atoms with E-state index in [1.165, 1.54) is 6.21 Å². The van der Waals surface area contributed by atoms with Gasteiger partial charge in [0.25, 0.3) is 0 Å². The average Bonchev–Trinajstić information content (AvgIpc) is 3.24. The van der Waals surface area contributed by atoms with Crippen molar-refractivity contribution < 1.29 is 42.2 Å². The first-order valence-electron chi connectivity index (χ1n) is 11.6. The number of carboxylic acids is 1. The van der Waals surface area contributed by atoms with Crippen LogP contribution in [0.5, 0.6) is 0 Å². The van der Waals surface area contributed by atoms with E-state index >= 15 is 0 Å². The number of nitrogens with two attached hydrogens (primary N) is 1. The molecule has 3 amide bonds. The minimum atomic E-state index is -5.08. The van der Waals surface area contributed by atoms with E-state index in [4.69, 9.17) is 20.5 Å². The molecule has 0 spiro atoms. The number of nitrogens with one attached hydrogen (secondary N) is 2. The van der Waals surface area contributed by atoms with Crippen LogP contribution in [0.15, 0.2) is 59.7 Å². The second-order valence-electron chi connectivity index (χ2n) is 8.31. The van der Waals surface area contributed by atoms with Crippen molar-refractivity contribution in [2.24, 2.45) is 10.9 Å². The lowest BCUT2D eigenvalue weighted by Crippen LogP contribution is -2.56. The van der Waals surface area contributed by atoms with Crippen LogP contribution in [0, 0.1) is 0 Å². The van der Waals surface area contributed by atoms with E-state index in [9.17, 15) is 27.6 Å². The third-order valence-electron chi connectivity index (χ3n) is 5.58. The van der Waals surface area contributed by atoms with Crippen molar-refractivity contribution in [3.8, 4) is 0 Å². The summed E-state index contributed by atoms with van der Waals surface area (Å²) in [6, 6.07) is 14.7. The Kier molecular flexibility index (Phi) is 10.4. The highest BCUT2D eigenvalue weighted by molar-refractivity contribution is 6.01. The number of anilines is 1. The summed E-state index contributed by atoms with van der Waals surface area (Å²) in [5, 5.41) is 16.0. The van der Waals surface area contributed by atoms with E-state index in [0.29, 0.717) is 18.5 Å². The Morgan fingerprint density at radius 2 is 1.74 bits per heavy atom. The molecule has 2 atom stereocenters. The van der Waals surface area contributed by atoms with Crippen LogP contribution < -0.4 is 21.4 Å². The van der Waals surface area contributed by atoms with Gasteiger partial charge in [-0.15, -0.1) is 0 Å². The first kappa shape index (κ1) is 30.6. The van der Waals surface area contributed by atoms with E-state index in [-0.39, 0.29) is 12.5 Å². The number of alkyl halides is 3. The molecule has 14 heteroatoms. The molecule has 0 aromatic heterocycles. The first-order chi connectivity index (χ1) is 18.3. The molecule has 1 aliphatic heterocycles. The van der Waals surface area contributed by atoms with Crippen molar-refractivity contribution in [3.05, 3.63) is 65.7 Å². The highest BCUT2D eigenvalue weighted by atomic mass is 19.4. The number of hydrogen-bond donors (Lipinski definition) is 4. The summed E-state index contributed by atoms with van der Waals surface area (Å²) < 4.78 is 36.9. The maximum absolute atomic E-state index is 12.9. The summed E-state index contributed by atoms with van der Waals surface area (Å²) >= 11 is 0. The predicted octanol–water partition coefficient (Wildman–Crippen LogP) is 2.50. The molecule has 2 aromatic rings. The number of aliphatic carboxylic acids is 1. The van der Waals surface area contributed by atoms with Crippen molar-refractivity contribution in [1.29, 1.82) is 0 Å². The van der Waals surface area contributed by atoms with Crippen LogP contribution >= 0.6 is 0 Å². The Bertz CT molecular complexity index is 1190. The highest BCUT2D eigenvalue weighted by Crippen LogP contribution is 2.24. The Balaban J connectivity index is 0.000000673. The van der Waals surface area contributed by atoms with Crippen molar-refractivity contribution in [2.45, 2.75) is 38.0 Å². The van der Waals surface area contributed by atoms with Gasteiger partial charge >= 0.3 is 24.1 Å². The molecule has 5 N–H and O–H groups in total. The lowest BCUT2D eigenvalue weighted by molar-refractivity contribution is -0.192. The summed E-state index contributed by atoms with van der Waals surface area (Å²) in [6.07, 6.45) is -3.13. The number of nitrogens with zero attached hydrogens (tertiary/aromatic N) is 2. The van der Waals surface area contributed by atoms with Gasteiger partial charge in [-0.3, -0.25) is 4.79 Å². The third-order valence-corrected chi connectivity index (χ3v) is 5.58. The second kappa shape index (κ2) is 13.3. The Morgan fingerprint density at radius 3 is 2.26 bits per heavy atom. The molecule has 0 bridgehead atoms. The SMILES string of the molecule is CCOC(=O)C(C)(NC(=O)NC1CCN(c2ccc(C=NN)cc2)C1=O)c1ccccc1.O=C(O)C(F)(F)F. The maximum atomic E-state index is 12.9. The van der Waals surface area contributed by atoms with Gasteiger partial charge in [-0.25, -0.2) is 14.4 Å². The zero-order chi connectivity index (χ0) is 29.2. The van der Waals surface area contributed by atoms with Crippen LogP contribution in [0.2, 0.25) is 0 Å². The van der Waals surface area contributed by atoms with Gasteiger partial charge in [0.15, 0.2) is 5.54 Å². The number of esters is 1. The molecule has 0 radical (unpaired) electrons. The summed E-state index contributed by atoms with van der Waals surface area (Å²) in [4.78, 5) is 48.8. The zero-order valence-corrected chi connectivity index (χ0v) is 21.1. The van der Waals surface area contributed by atoms with Crippen LogP contribution in [0.4, 0.5) is 23.7 Å². The van der Waals surface area contributed by atoms with E-state index in [2.05, 4.69) is 15.7 Å². The van der Waals surface area contributed by atoms with Gasteiger partial charge < -0.3 is 31.2 Å². The highest BCUT2D eigenvalue weighted by Gasteiger charge is 2.40. The van der Waals surface area contributed by atoms with Crippen LogP contribution in [0.25, 0.3) is 0 Å². The minimum absolute atomic E-state index is 0.177. The second-order valence-corrected chi connectivity index (χ2v) is 8.31. The molecular weight excluding hydrogens is 523 g/mol. The molecule has 1 saturated heterocycles. The van der Waals surface area contributed by atoms with Gasteiger partial charge in [-0.2, -0.15) is 18.3 Å². The number of rotatable bonds is 7. The summed E-state index contributed by atoms with van der Waals surface area (Å²) in [7, 11) is 0. The molecule has 1 fully saturated rings. The molecular formula is C25H28F3N5O6. The molecule has 2 unspecified atom stereocenters. The number of ether oxygens (including phenoxy) is 1. The molecule has 1 heterocycles. The van der Waals surface area contributed by atoms with Gasteiger partial charge in [0.05, 0.1) is 12.8 Å². The largest absolute Gasteiger partial charge is 0.490 e. The molecule has 39 heavy (non-hydrogen) atoms. The Labute approximate surface area is 221 Å². The fraction of sp³-hybridized carbons (Fsp3) is 0.320. The van der Waals surface area contributed by atoms with Gasteiger partial charge in [-0.05, 0) is 43.5 Å². The first-order valence-corrected chi connectivity index (χ1v) is 11.6. The van der Waals surface area contributed by atoms with Crippen LogP contribution in [0.1, 0.15) is 31.4 Å². The Hall–Kier alpha value is -4.62. The molecule has 11 nitrogen and oxygen atoms in total. The van der Waals surface area contributed by atoms with Crippen LogP contribution in [0.3, 0.4) is 0 Å². The molecule has 2 aromatic carbocycles. The van der Waals surface area contributed by atoms with Gasteiger partial charge in [0.2, 0.25) is 5.91 Å². The standard InChI is InChI=1S/C23H27N5O4.C2HF3O2/c1-3-32-21(30)23(2,17-7-5-4-6-8-17)27-22(31)26-19-13-14-28(20(19)29)18-11-9-16(10-12-18)15-25-24;3-2(4,5)1(6)7/h4-12,15,19H,3,13-14,24H2,1-2H3,(H2,26,27,31);(H,6,7). The molecule has 3 rings (SSSR count). The lowest BCUT2D eigenvalue weighted by atomic mass is 9.92. The smallest absolute Gasteiger partial charge is 0.475 e. The normalized spacial score (nSPS) is 16.6. The van der Waals surface area contributed by atoms with Crippen molar-refractivity contribution in [1.82, 2.24) is 10.6 Å². The van der Waals surface area contributed by atoms with Crippen molar-refractivity contribution in [3.63, 3.8) is 0 Å².